The summed E-state index contributed by atoms with van der Waals surface area (Å²) in [6.45, 7) is -0.134. The van der Waals surface area contributed by atoms with Crippen molar-refractivity contribution in [3.05, 3.63) is 53.8 Å². The third kappa shape index (κ3) is 4.27. The molecule has 0 aliphatic carbocycles. The zero-order valence-electron chi connectivity index (χ0n) is 12.4. The molecule has 0 heterocycles. The molecular weight excluding hydrogens is 301 g/mol. The second-order valence-corrected chi connectivity index (χ2v) is 4.63. The van der Waals surface area contributed by atoms with Crippen LogP contribution < -0.4 is 21.1 Å². The van der Waals surface area contributed by atoms with Crippen molar-refractivity contribution in [1.82, 2.24) is 0 Å². The Morgan fingerprint density at radius 3 is 2.43 bits per heavy atom. The summed E-state index contributed by atoms with van der Waals surface area (Å²) in [6.07, 6.45) is 0. The number of ether oxygens (including phenoxy) is 1. The van der Waals surface area contributed by atoms with Crippen molar-refractivity contribution < 1.29 is 18.7 Å². The quantitative estimate of drug-likeness (QED) is 0.786. The molecular formula is C16H16FN3O3. The molecule has 6 nitrogen and oxygen atoms in total. The maximum atomic E-state index is 12.9. The number of hydrogen-bond donors (Lipinski definition) is 3. The molecule has 0 aliphatic heterocycles. The van der Waals surface area contributed by atoms with Crippen LogP contribution in [0.15, 0.2) is 42.5 Å². The molecule has 0 aliphatic rings. The second kappa shape index (κ2) is 7.37. The summed E-state index contributed by atoms with van der Waals surface area (Å²) in [5.74, 6) is -0.786. The van der Waals surface area contributed by atoms with Crippen LogP contribution in [0.5, 0.6) is 5.75 Å². The number of rotatable bonds is 5. The van der Waals surface area contributed by atoms with Gasteiger partial charge in [0, 0.05) is 17.3 Å². The SMILES string of the molecule is COc1cc(NC(=O)CN)ccc1NC(=O)c1ccc(F)cc1. The summed E-state index contributed by atoms with van der Waals surface area (Å²) in [5.41, 5.74) is 6.47. The van der Waals surface area contributed by atoms with Gasteiger partial charge in [-0.15, -0.1) is 0 Å². The Balaban J connectivity index is 2.17. The number of anilines is 2. The number of amides is 2. The van der Waals surface area contributed by atoms with E-state index < -0.39 is 11.7 Å². The largest absolute Gasteiger partial charge is 0.494 e. The van der Waals surface area contributed by atoms with Crippen molar-refractivity contribution in [2.45, 2.75) is 0 Å². The van der Waals surface area contributed by atoms with Gasteiger partial charge < -0.3 is 21.1 Å². The third-order valence-corrected chi connectivity index (χ3v) is 3.03. The highest BCUT2D eigenvalue weighted by Gasteiger charge is 2.11. The monoisotopic (exact) mass is 317 g/mol. The van der Waals surface area contributed by atoms with Crippen LogP contribution >= 0.6 is 0 Å². The van der Waals surface area contributed by atoms with Crippen molar-refractivity contribution in [2.75, 3.05) is 24.3 Å². The molecule has 23 heavy (non-hydrogen) atoms. The molecule has 0 saturated carbocycles. The zero-order chi connectivity index (χ0) is 16.8. The van der Waals surface area contributed by atoms with Gasteiger partial charge in [0.15, 0.2) is 0 Å². The van der Waals surface area contributed by atoms with E-state index in [-0.39, 0.29) is 12.5 Å². The van der Waals surface area contributed by atoms with E-state index in [1.165, 1.54) is 31.4 Å². The lowest BCUT2D eigenvalue weighted by Gasteiger charge is -2.12. The molecule has 2 aromatic carbocycles. The van der Waals surface area contributed by atoms with Crippen molar-refractivity contribution >= 4 is 23.2 Å². The number of methoxy groups -OCH3 is 1. The van der Waals surface area contributed by atoms with Crippen LogP contribution in [0.4, 0.5) is 15.8 Å². The number of carbonyl (C=O) groups is 2. The fraction of sp³-hybridized carbons (Fsp3) is 0.125. The molecule has 120 valence electrons. The molecule has 0 atom stereocenters. The number of hydrogen-bond acceptors (Lipinski definition) is 4. The highest BCUT2D eigenvalue weighted by Crippen LogP contribution is 2.28. The molecule has 4 N–H and O–H groups in total. The fourth-order valence-electron chi connectivity index (χ4n) is 1.88. The van der Waals surface area contributed by atoms with Crippen LogP contribution in [0.2, 0.25) is 0 Å². The van der Waals surface area contributed by atoms with Crippen LogP contribution in [0.1, 0.15) is 10.4 Å². The normalized spacial score (nSPS) is 10.0. The first kappa shape index (κ1) is 16.4. The van der Waals surface area contributed by atoms with Gasteiger partial charge in [-0.1, -0.05) is 0 Å². The van der Waals surface area contributed by atoms with Gasteiger partial charge in [-0.3, -0.25) is 9.59 Å². The summed E-state index contributed by atoms with van der Waals surface area (Å²) < 4.78 is 18.1. The summed E-state index contributed by atoms with van der Waals surface area (Å²) in [7, 11) is 1.44. The molecule has 0 fully saturated rings. The van der Waals surface area contributed by atoms with Crippen LogP contribution in [0, 0.1) is 5.82 Å². The van der Waals surface area contributed by atoms with Crippen molar-refractivity contribution in [1.29, 1.82) is 0 Å². The van der Waals surface area contributed by atoms with Gasteiger partial charge in [0.05, 0.1) is 19.3 Å². The lowest BCUT2D eigenvalue weighted by atomic mass is 10.2. The Hall–Kier alpha value is -2.93. The summed E-state index contributed by atoms with van der Waals surface area (Å²) >= 11 is 0. The van der Waals surface area contributed by atoms with Crippen LogP contribution in [0.25, 0.3) is 0 Å². The molecule has 2 aromatic rings. The highest BCUT2D eigenvalue weighted by atomic mass is 19.1. The molecule has 0 saturated heterocycles. The van der Waals surface area contributed by atoms with E-state index in [0.29, 0.717) is 22.7 Å². The maximum absolute atomic E-state index is 12.9. The number of benzene rings is 2. The van der Waals surface area contributed by atoms with E-state index in [9.17, 15) is 14.0 Å². The first-order valence-corrected chi connectivity index (χ1v) is 6.78. The van der Waals surface area contributed by atoms with Gasteiger partial charge >= 0.3 is 0 Å². The molecule has 2 rings (SSSR count). The lowest BCUT2D eigenvalue weighted by Crippen LogP contribution is -2.21. The molecule has 0 bridgehead atoms. The van der Waals surface area contributed by atoms with Gasteiger partial charge in [0.25, 0.3) is 5.91 Å². The Labute approximate surface area is 132 Å². The molecule has 0 aromatic heterocycles. The van der Waals surface area contributed by atoms with E-state index in [1.807, 2.05) is 0 Å². The van der Waals surface area contributed by atoms with Crippen LogP contribution in [-0.2, 0) is 4.79 Å². The van der Waals surface area contributed by atoms with Gasteiger partial charge in [-0.25, -0.2) is 4.39 Å². The van der Waals surface area contributed by atoms with Gasteiger partial charge in [0.2, 0.25) is 5.91 Å². The smallest absolute Gasteiger partial charge is 0.255 e. The first-order chi connectivity index (χ1) is 11.0. The summed E-state index contributed by atoms with van der Waals surface area (Å²) in [5, 5.41) is 5.25. The summed E-state index contributed by atoms with van der Waals surface area (Å²) in [6, 6.07) is 9.94. The van der Waals surface area contributed by atoms with E-state index in [1.54, 1.807) is 18.2 Å². The minimum atomic E-state index is -0.417. The average Bonchev–Trinajstić information content (AvgIpc) is 2.56. The van der Waals surface area contributed by atoms with Crippen LogP contribution in [0.3, 0.4) is 0 Å². The van der Waals surface area contributed by atoms with Crippen molar-refractivity contribution in [3.8, 4) is 5.75 Å². The first-order valence-electron chi connectivity index (χ1n) is 6.78. The van der Waals surface area contributed by atoms with E-state index in [4.69, 9.17) is 10.5 Å². The number of carbonyl (C=O) groups excluding carboxylic acids is 2. The third-order valence-electron chi connectivity index (χ3n) is 3.03. The average molecular weight is 317 g/mol. The van der Waals surface area contributed by atoms with Gasteiger partial charge in [0.1, 0.15) is 11.6 Å². The van der Waals surface area contributed by atoms with E-state index in [0.717, 1.165) is 0 Å². The Morgan fingerprint density at radius 2 is 1.83 bits per heavy atom. The molecule has 0 radical (unpaired) electrons. The van der Waals surface area contributed by atoms with E-state index >= 15 is 0 Å². The topological polar surface area (TPSA) is 93.4 Å². The minimum absolute atomic E-state index is 0.134. The second-order valence-electron chi connectivity index (χ2n) is 4.63. The van der Waals surface area contributed by atoms with Gasteiger partial charge in [-0.05, 0) is 36.4 Å². The van der Waals surface area contributed by atoms with Crippen molar-refractivity contribution in [2.24, 2.45) is 5.73 Å². The predicted octanol–water partition coefficient (Wildman–Crippen LogP) is 1.98. The minimum Gasteiger partial charge on any atom is -0.494 e. The molecule has 2 amide bonds. The molecule has 0 unspecified atom stereocenters. The summed E-state index contributed by atoms with van der Waals surface area (Å²) in [4.78, 5) is 23.4. The number of halogens is 1. The van der Waals surface area contributed by atoms with E-state index in [2.05, 4.69) is 10.6 Å². The molecule has 7 heteroatoms. The number of nitrogens with two attached hydrogens (primary N) is 1. The number of nitrogens with one attached hydrogen (secondary N) is 2. The Bertz CT molecular complexity index is 717. The Kier molecular flexibility index (Phi) is 5.27. The predicted molar refractivity (Wildman–Crippen MR) is 85.0 cm³/mol. The Morgan fingerprint density at radius 1 is 1.13 bits per heavy atom. The maximum Gasteiger partial charge on any atom is 0.255 e. The zero-order valence-corrected chi connectivity index (χ0v) is 12.4. The van der Waals surface area contributed by atoms with Gasteiger partial charge in [-0.2, -0.15) is 0 Å². The van der Waals surface area contributed by atoms with Crippen molar-refractivity contribution in [3.63, 3.8) is 0 Å². The lowest BCUT2D eigenvalue weighted by molar-refractivity contribution is -0.114. The fourth-order valence-corrected chi connectivity index (χ4v) is 1.88. The van der Waals surface area contributed by atoms with Crippen LogP contribution in [-0.4, -0.2) is 25.5 Å². The molecule has 0 spiro atoms. The highest BCUT2D eigenvalue weighted by molar-refractivity contribution is 6.05. The standard InChI is InChI=1S/C16H16FN3O3/c1-23-14-8-12(19-15(21)9-18)6-7-13(14)20-16(22)10-2-4-11(17)5-3-10/h2-8H,9,18H2,1H3,(H,19,21)(H,20,22).